The van der Waals surface area contributed by atoms with Crippen molar-refractivity contribution in [1.82, 2.24) is 20.2 Å². The Morgan fingerprint density at radius 3 is 2.56 bits per heavy atom. The third kappa shape index (κ3) is 4.64. The average Bonchev–Trinajstić information content (AvgIpc) is 3.19. The highest BCUT2D eigenvalue weighted by molar-refractivity contribution is 5.93. The number of fused-ring (bicyclic) bond motifs is 1. The molecule has 0 bridgehead atoms. The van der Waals surface area contributed by atoms with Gasteiger partial charge < -0.3 is 15.0 Å². The lowest BCUT2D eigenvalue weighted by Gasteiger charge is -2.36. The molecule has 1 atom stereocenters. The summed E-state index contributed by atoms with van der Waals surface area (Å²) in [6.45, 7) is 4.51. The van der Waals surface area contributed by atoms with Crippen molar-refractivity contribution in [3.63, 3.8) is 0 Å². The zero-order valence-electron chi connectivity index (χ0n) is 18.9. The van der Waals surface area contributed by atoms with Crippen LogP contribution in [0.1, 0.15) is 52.7 Å². The predicted molar refractivity (Wildman–Crippen MR) is 124 cm³/mol. The second-order valence-electron chi connectivity index (χ2n) is 9.27. The molecule has 2 aliphatic heterocycles. The van der Waals surface area contributed by atoms with Crippen molar-refractivity contribution in [2.45, 2.75) is 57.2 Å². The van der Waals surface area contributed by atoms with Crippen LogP contribution in [0.4, 0.5) is 5.95 Å². The molecule has 170 valence electrons. The number of aromatic nitrogens is 2. The molecule has 7 heteroatoms. The molecule has 1 amide bonds. The summed E-state index contributed by atoms with van der Waals surface area (Å²) in [7, 11) is 1.73. The van der Waals surface area contributed by atoms with E-state index < -0.39 is 0 Å². The Morgan fingerprint density at radius 1 is 1.09 bits per heavy atom. The quantitative estimate of drug-likeness (QED) is 0.752. The maximum atomic E-state index is 12.6. The number of rotatable bonds is 6. The number of nitrogens with zero attached hydrogens (tertiary/aromatic N) is 4. The molecule has 1 aliphatic carbocycles. The Balaban J connectivity index is 1.16. The first kappa shape index (κ1) is 21.3. The summed E-state index contributed by atoms with van der Waals surface area (Å²) in [6, 6.07) is 7.49. The molecule has 32 heavy (non-hydrogen) atoms. The molecular weight excluding hydrogens is 402 g/mol. The first-order chi connectivity index (χ1) is 15.7. The number of nitrogens with one attached hydrogen (secondary N) is 1. The molecular formula is C25H33N5O2. The number of hydrogen-bond donors (Lipinski definition) is 1. The van der Waals surface area contributed by atoms with Crippen LogP contribution in [0.5, 0.6) is 0 Å². The van der Waals surface area contributed by atoms with E-state index in [0.717, 1.165) is 50.5 Å². The number of carbonyl (C=O) groups is 1. The van der Waals surface area contributed by atoms with Crippen molar-refractivity contribution in [2.24, 2.45) is 0 Å². The van der Waals surface area contributed by atoms with Gasteiger partial charge in [-0.15, -0.1) is 0 Å². The number of anilines is 1. The molecule has 0 spiro atoms. The molecule has 1 N–H and O–H groups in total. The van der Waals surface area contributed by atoms with Crippen LogP contribution in [0.2, 0.25) is 0 Å². The lowest BCUT2D eigenvalue weighted by Crippen LogP contribution is -2.41. The summed E-state index contributed by atoms with van der Waals surface area (Å²) in [5.74, 6) is 0.515. The number of benzene rings is 1. The summed E-state index contributed by atoms with van der Waals surface area (Å²) >= 11 is 0. The van der Waals surface area contributed by atoms with Crippen LogP contribution in [0.25, 0.3) is 0 Å². The predicted octanol–water partition coefficient (Wildman–Crippen LogP) is 2.58. The van der Waals surface area contributed by atoms with Crippen molar-refractivity contribution < 1.29 is 9.53 Å². The van der Waals surface area contributed by atoms with Gasteiger partial charge in [0.1, 0.15) is 0 Å². The number of amides is 1. The van der Waals surface area contributed by atoms with Crippen LogP contribution >= 0.6 is 0 Å². The highest BCUT2D eigenvalue weighted by atomic mass is 16.5. The summed E-state index contributed by atoms with van der Waals surface area (Å²) in [5.41, 5.74) is 4.53. The van der Waals surface area contributed by atoms with E-state index in [0.29, 0.717) is 18.1 Å². The summed E-state index contributed by atoms with van der Waals surface area (Å²) in [4.78, 5) is 26.2. The number of methoxy groups -OCH3 is 1. The number of hydrogen-bond acceptors (Lipinski definition) is 6. The average molecular weight is 436 g/mol. The van der Waals surface area contributed by atoms with Crippen molar-refractivity contribution in [1.29, 1.82) is 0 Å². The van der Waals surface area contributed by atoms with Gasteiger partial charge in [0.2, 0.25) is 5.95 Å². The molecule has 3 aliphatic rings. The van der Waals surface area contributed by atoms with Crippen LogP contribution in [-0.4, -0.2) is 66.2 Å². The van der Waals surface area contributed by atoms with E-state index in [9.17, 15) is 4.79 Å². The minimum absolute atomic E-state index is 0.140. The Kier molecular flexibility index (Phi) is 6.37. The minimum atomic E-state index is -0.140. The van der Waals surface area contributed by atoms with Gasteiger partial charge in [-0.05, 0) is 48.8 Å². The zero-order valence-corrected chi connectivity index (χ0v) is 18.9. The van der Waals surface area contributed by atoms with Crippen LogP contribution in [-0.2, 0) is 24.1 Å². The summed E-state index contributed by atoms with van der Waals surface area (Å²) < 4.78 is 5.40. The monoisotopic (exact) mass is 435 g/mol. The maximum absolute atomic E-state index is 12.6. The Hall–Kier alpha value is -2.51. The van der Waals surface area contributed by atoms with Crippen LogP contribution in [0.15, 0.2) is 30.6 Å². The molecule has 3 heterocycles. The first-order valence-corrected chi connectivity index (χ1v) is 11.9. The van der Waals surface area contributed by atoms with Crippen molar-refractivity contribution in [2.75, 3.05) is 38.2 Å². The third-order valence-corrected chi connectivity index (χ3v) is 7.31. The summed E-state index contributed by atoms with van der Waals surface area (Å²) in [5, 5.41) is 3.03. The molecule has 1 saturated carbocycles. The zero-order chi connectivity index (χ0) is 21.9. The van der Waals surface area contributed by atoms with Crippen LogP contribution in [0.3, 0.4) is 0 Å². The third-order valence-electron chi connectivity index (χ3n) is 7.31. The number of ether oxygens (including phenoxy) is 1. The van der Waals surface area contributed by atoms with Crippen molar-refractivity contribution in [3.05, 3.63) is 52.8 Å². The fourth-order valence-corrected chi connectivity index (χ4v) is 5.01. The number of carbonyl (C=O) groups excluding carboxylic acids is 1. The van der Waals surface area contributed by atoms with Gasteiger partial charge in [0.05, 0.1) is 11.7 Å². The largest absolute Gasteiger partial charge is 0.380 e. The Bertz CT molecular complexity index is 944. The van der Waals surface area contributed by atoms with E-state index in [-0.39, 0.29) is 12.0 Å². The lowest BCUT2D eigenvalue weighted by molar-refractivity contribution is 0.0950. The Labute approximate surface area is 190 Å². The van der Waals surface area contributed by atoms with Crippen molar-refractivity contribution >= 4 is 11.9 Å². The highest BCUT2D eigenvalue weighted by Crippen LogP contribution is 2.27. The molecule has 1 aromatic carbocycles. The molecule has 1 aromatic heterocycles. The normalized spacial score (nSPS) is 21.7. The van der Waals surface area contributed by atoms with E-state index in [1.165, 1.54) is 36.9 Å². The van der Waals surface area contributed by atoms with E-state index in [1.54, 1.807) is 19.5 Å². The Morgan fingerprint density at radius 2 is 1.88 bits per heavy atom. The molecule has 2 fully saturated rings. The highest BCUT2D eigenvalue weighted by Gasteiger charge is 2.26. The topological polar surface area (TPSA) is 70.6 Å². The second-order valence-corrected chi connectivity index (χ2v) is 9.27. The van der Waals surface area contributed by atoms with Gasteiger partial charge in [-0.1, -0.05) is 24.6 Å². The van der Waals surface area contributed by atoms with E-state index >= 15 is 0 Å². The first-order valence-electron chi connectivity index (χ1n) is 11.9. The fraction of sp³-hybridized carbons (Fsp3) is 0.560. The maximum Gasteiger partial charge on any atom is 0.254 e. The van der Waals surface area contributed by atoms with Gasteiger partial charge in [0.25, 0.3) is 5.91 Å². The SMILES string of the molecule is COC1CCN(c2ncc(C(=O)NCc3ccc4c(c3)CCN(C3CCC3)CC4)cn2)C1. The van der Waals surface area contributed by atoms with Gasteiger partial charge in [-0.25, -0.2) is 9.97 Å². The van der Waals surface area contributed by atoms with Crippen LogP contribution < -0.4 is 10.2 Å². The van der Waals surface area contributed by atoms with E-state index in [2.05, 4.69) is 43.3 Å². The van der Waals surface area contributed by atoms with E-state index in [1.807, 2.05) is 0 Å². The van der Waals surface area contributed by atoms with Gasteiger partial charge in [0, 0.05) is 58.3 Å². The standard InChI is InChI=1S/C25H33N5O2/c1-32-23-9-12-30(17-23)25-27-15-21(16-28-25)24(31)26-14-18-5-6-19-7-10-29(22-3-2-4-22)11-8-20(19)13-18/h5-6,13,15-16,22-23H,2-4,7-12,14,17H2,1H3,(H,26,31). The molecule has 5 rings (SSSR count). The molecule has 0 radical (unpaired) electrons. The fourth-order valence-electron chi connectivity index (χ4n) is 5.01. The van der Waals surface area contributed by atoms with Gasteiger partial charge in [-0.2, -0.15) is 0 Å². The van der Waals surface area contributed by atoms with Gasteiger partial charge >= 0.3 is 0 Å². The van der Waals surface area contributed by atoms with Crippen LogP contribution in [0, 0.1) is 0 Å². The molecule has 2 aromatic rings. The smallest absolute Gasteiger partial charge is 0.254 e. The van der Waals surface area contributed by atoms with E-state index in [4.69, 9.17) is 4.74 Å². The summed E-state index contributed by atoms with van der Waals surface area (Å²) in [6.07, 6.45) is 10.8. The van der Waals surface area contributed by atoms with Gasteiger partial charge in [0.15, 0.2) is 0 Å². The molecule has 7 nitrogen and oxygen atoms in total. The van der Waals surface area contributed by atoms with Crippen molar-refractivity contribution in [3.8, 4) is 0 Å². The van der Waals surface area contributed by atoms with Gasteiger partial charge in [-0.3, -0.25) is 9.69 Å². The second kappa shape index (κ2) is 9.55. The lowest BCUT2D eigenvalue weighted by atomic mass is 9.91. The molecule has 1 unspecified atom stereocenters. The molecule has 1 saturated heterocycles. The minimum Gasteiger partial charge on any atom is -0.380 e.